The minimum Gasteiger partial charge on any atom is -0.497 e. The molecule has 0 unspecified atom stereocenters. The van der Waals surface area contributed by atoms with Crippen LogP contribution in [0.3, 0.4) is 0 Å². The molecular weight excluding hydrogens is 358 g/mol. The predicted octanol–water partition coefficient (Wildman–Crippen LogP) is 3.97. The molecule has 0 saturated carbocycles. The Morgan fingerprint density at radius 1 is 1.22 bits per heavy atom. The second-order valence-corrected chi connectivity index (χ2v) is 6.82. The van der Waals surface area contributed by atoms with Crippen molar-refractivity contribution < 1.29 is 9.53 Å². The molecule has 1 heterocycles. The molecule has 0 aliphatic rings. The van der Waals surface area contributed by atoms with Crippen LogP contribution in [0.1, 0.15) is 22.3 Å². The molecule has 0 saturated heterocycles. The van der Waals surface area contributed by atoms with Crippen LogP contribution in [-0.2, 0) is 6.42 Å². The second-order valence-electron chi connectivity index (χ2n) is 6.04. The highest BCUT2D eigenvalue weighted by Crippen LogP contribution is 2.19. The number of nitrogens with one attached hydrogen (secondary N) is 1. The quantitative estimate of drug-likeness (QED) is 0.474. The molecule has 6 heteroatoms. The second kappa shape index (κ2) is 9.28. The summed E-state index contributed by atoms with van der Waals surface area (Å²) in [6, 6.07) is 15.6. The lowest BCUT2D eigenvalue weighted by Crippen LogP contribution is -2.24. The highest BCUT2D eigenvalue weighted by molar-refractivity contribution is 7.98. The summed E-state index contributed by atoms with van der Waals surface area (Å²) in [5.41, 5.74) is 2.82. The lowest BCUT2D eigenvalue weighted by molar-refractivity contribution is 0.0953. The number of aromatic nitrogens is 2. The zero-order valence-electron chi connectivity index (χ0n) is 15.5. The normalized spacial score (nSPS) is 10.6. The van der Waals surface area contributed by atoms with E-state index in [1.54, 1.807) is 25.1 Å². The standard InChI is InChI=1S/C21H23N3O2S/c1-26-19-10-8-16(9-11-19)5-4-12-22-20(25)17-6-3-7-18(15-17)24-14-13-23-21(24)27-2/h3,6-11,13-15H,4-5,12H2,1-2H3,(H,22,25). The van der Waals surface area contributed by atoms with E-state index in [9.17, 15) is 4.79 Å². The lowest BCUT2D eigenvalue weighted by Gasteiger charge is -2.09. The van der Waals surface area contributed by atoms with Gasteiger partial charge in [0.25, 0.3) is 5.91 Å². The maximum atomic E-state index is 12.5. The molecule has 0 spiro atoms. The van der Waals surface area contributed by atoms with Gasteiger partial charge >= 0.3 is 0 Å². The van der Waals surface area contributed by atoms with Crippen LogP contribution in [0.2, 0.25) is 0 Å². The number of imidazole rings is 1. The van der Waals surface area contributed by atoms with Gasteiger partial charge < -0.3 is 10.1 Å². The fourth-order valence-electron chi connectivity index (χ4n) is 2.82. The van der Waals surface area contributed by atoms with Gasteiger partial charge in [0.05, 0.1) is 7.11 Å². The predicted molar refractivity (Wildman–Crippen MR) is 109 cm³/mol. The number of hydrogen-bond donors (Lipinski definition) is 1. The summed E-state index contributed by atoms with van der Waals surface area (Å²) < 4.78 is 7.14. The van der Waals surface area contributed by atoms with Gasteiger partial charge in [-0.1, -0.05) is 30.0 Å². The number of thioether (sulfide) groups is 1. The molecule has 0 radical (unpaired) electrons. The van der Waals surface area contributed by atoms with Gasteiger partial charge in [-0.2, -0.15) is 0 Å². The molecule has 5 nitrogen and oxygen atoms in total. The summed E-state index contributed by atoms with van der Waals surface area (Å²) in [6.45, 7) is 0.635. The van der Waals surface area contributed by atoms with Gasteiger partial charge in [-0.15, -0.1) is 0 Å². The Labute approximate surface area is 163 Å². The largest absolute Gasteiger partial charge is 0.497 e. The molecule has 27 heavy (non-hydrogen) atoms. The van der Waals surface area contributed by atoms with E-state index in [0.717, 1.165) is 29.4 Å². The third-order valence-corrected chi connectivity index (χ3v) is 4.93. The first-order valence-corrected chi connectivity index (χ1v) is 10.0. The molecule has 1 aromatic heterocycles. The number of ether oxygens (including phenoxy) is 1. The van der Waals surface area contributed by atoms with E-state index in [1.165, 1.54) is 5.56 Å². The van der Waals surface area contributed by atoms with E-state index in [4.69, 9.17) is 4.74 Å². The van der Waals surface area contributed by atoms with Crippen molar-refractivity contribution in [3.8, 4) is 11.4 Å². The van der Waals surface area contributed by atoms with E-state index in [0.29, 0.717) is 12.1 Å². The number of nitrogens with zero attached hydrogens (tertiary/aromatic N) is 2. The molecule has 2 aromatic carbocycles. The number of carbonyl (C=O) groups is 1. The van der Waals surface area contributed by atoms with Gasteiger partial charge in [-0.3, -0.25) is 9.36 Å². The summed E-state index contributed by atoms with van der Waals surface area (Å²) in [4.78, 5) is 16.8. The molecule has 1 amide bonds. The molecule has 3 rings (SSSR count). The maximum absolute atomic E-state index is 12.5. The first-order chi connectivity index (χ1) is 13.2. The van der Waals surface area contributed by atoms with Crippen molar-refractivity contribution in [2.75, 3.05) is 19.9 Å². The fraction of sp³-hybridized carbons (Fsp3) is 0.238. The first-order valence-electron chi connectivity index (χ1n) is 8.80. The van der Waals surface area contributed by atoms with E-state index in [-0.39, 0.29) is 5.91 Å². The summed E-state index contributed by atoms with van der Waals surface area (Å²) >= 11 is 1.57. The van der Waals surface area contributed by atoms with Crippen molar-refractivity contribution in [2.45, 2.75) is 18.0 Å². The van der Waals surface area contributed by atoms with Gasteiger partial charge in [-0.05, 0) is 55.0 Å². The Kier molecular flexibility index (Phi) is 6.54. The van der Waals surface area contributed by atoms with E-state index in [2.05, 4.69) is 22.4 Å². The summed E-state index contributed by atoms with van der Waals surface area (Å²) in [7, 11) is 1.66. The lowest BCUT2D eigenvalue weighted by atomic mass is 10.1. The SMILES string of the molecule is COc1ccc(CCCNC(=O)c2cccc(-n3ccnc3SC)c2)cc1. The monoisotopic (exact) mass is 381 g/mol. The number of benzene rings is 2. The smallest absolute Gasteiger partial charge is 0.251 e. The van der Waals surface area contributed by atoms with Crippen LogP contribution in [0.5, 0.6) is 5.75 Å². The zero-order chi connectivity index (χ0) is 19.1. The molecular formula is C21H23N3O2S. The molecule has 1 N–H and O–H groups in total. The molecule has 0 atom stereocenters. The van der Waals surface area contributed by atoms with E-state index >= 15 is 0 Å². The highest BCUT2D eigenvalue weighted by atomic mass is 32.2. The Balaban J connectivity index is 1.54. The van der Waals surface area contributed by atoms with E-state index in [1.807, 2.05) is 53.4 Å². The number of hydrogen-bond acceptors (Lipinski definition) is 4. The van der Waals surface area contributed by atoms with Crippen molar-refractivity contribution in [2.24, 2.45) is 0 Å². The van der Waals surface area contributed by atoms with Crippen LogP contribution in [0, 0.1) is 0 Å². The number of rotatable bonds is 8. The van der Waals surface area contributed by atoms with Crippen molar-refractivity contribution in [3.05, 3.63) is 72.1 Å². The van der Waals surface area contributed by atoms with Crippen LogP contribution in [0.4, 0.5) is 0 Å². The topological polar surface area (TPSA) is 56.1 Å². The molecule has 0 bridgehead atoms. The Morgan fingerprint density at radius 2 is 2.04 bits per heavy atom. The van der Waals surface area contributed by atoms with Crippen molar-refractivity contribution in [1.29, 1.82) is 0 Å². The van der Waals surface area contributed by atoms with Crippen LogP contribution in [0.25, 0.3) is 5.69 Å². The molecule has 0 fully saturated rings. The number of methoxy groups -OCH3 is 1. The van der Waals surface area contributed by atoms with Gasteiger partial charge in [-0.25, -0.2) is 4.98 Å². The fourth-order valence-corrected chi connectivity index (χ4v) is 3.35. The van der Waals surface area contributed by atoms with Crippen LogP contribution >= 0.6 is 11.8 Å². The Hall–Kier alpha value is -2.73. The van der Waals surface area contributed by atoms with Crippen molar-refractivity contribution in [1.82, 2.24) is 14.9 Å². The Bertz CT molecular complexity index is 890. The number of aryl methyl sites for hydroxylation is 1. The molecule has 3 aromatic rings. The maximum Gasteiger partial charge on any atom is 0.251 e. The van der Waals surface area contributed by atoms with Gasteiger partial charge in [0, 0.05) is 30.2 Å². The summed E-state index contributed by atoms with van der Waals surface area (Å²) in [5.74, 6) is 0.798. The van der Waals surface area contributed by atoms with Crippen molar-refractivity contribution >= 4 is 17.7 Å². The average Bonchev–Trinajstić information content (AvgIpc) is 3.20. The molecule has 140 valence electrons. The van der Waals surface area contributed by atoms with Crippen LogP contribution in [-0.4, -0.2) is 35.4 Å². The summed E-state index contributed by atoms with van der Waals surface area (Å²) in [5, 5.41) is 3.89. The minimum atomic E-state index is -0.0580. The number of amides is 1. The van der Waals surface area contributed by atoms with Gasteiger partial charge in [0.2, 0.25) is 0 Å². The summed E-state index contributed by atoms with van der Waals surface area (Å²) in [6.07, 6.45) is 7.44. The Morgan fingerprint density at radius 3 is 2.78 bits per heavy atom. The van der Waals surface area contributed by atoms with E-state index < -0.39 is 0 Å². The first kappa shape index (κ1) is 19.0. The molecule has 0 aliphatic heterocycles. The van der Waals surface area contributed by atoms with Crippen molar-refractivity contribution in [3.63, 3.8) is 0 Å². The average molecular weight is 382 g/mol. The third kappa shape index (κ3) is 4.92. The third-order valence-electron chi connectivity index (χ3n) is 4.26. The molecule has 0 aliphatic carbocycles. The number of carbonyl (C=O) groups excluding carboxylic acids is 1. The highest BCUT2D eigenvalue weighted by Gasteiger charge is 2.09. The van der Waals surface area contributed by atoms with Gasteiger partial charge in [0.15, 0.2) is 5.16 Å². The minimum absolute atomic E-state index is 0.0580. The zero-order valence-corrected chi connectivity index (χ0v) is 16.3. The van der Waals surface area contributed by atoms with Crippen LogP contribution in [0.15, 0.2) is 66.1 Å². The van der Waals surface area contributed by atoms with Gasteiger partial charge in [0.1, 0.15) is 5.75 Å². The van der Waals surface area contributed by atoms with Crippen LogP contribution < -0.4 is 10.1 Å².